The number of hydrogen-bond donors (Lipinski definition) is 1. The molecule has 3 rings (SSSR count). The molecule has 1 aliphatic heterocycles. The van der Waals surface area contributed by atoms with E-state index >= 15 is 0 Å². The Morgan fingerprint density at radius 2 is 1.80 bits per heavy atom. The number of rotatable bonds is 5. The molecule has 1 amide bonds. The summed E-state index contributed by atoms with van der Waals surface area (Å²) in [7, 11) is 0. The summed E-state index contributed by atoms with van der Waals surface area (Å²) in [6, 6.07) is 16.1. The average Bonchev–Trinajstić information content (AvgIpc) is 2.64. The molecule has 1 heterocycles. The number of anilines is 1. The quantitative estimate of drug-likeness (QED) is 0.838. The van der Waals surface area contributed by atoms with Crippen LogP contribution in [0.1, 0.15) is 30.9 Å². The summed E-state index contributed by atoms with van der Waals surface area (Å²) in [5, 5.41) is 3.83. The predicted molar refractivity (Wildman–Crippen MR) is 104 cm³/mol. The van der Waals surface area contributed by atoms with E-state index in [9.17, 15) is 4.79 Å². The number of halogens is 1. The van der Waals surface area contributed by atoms with Crippen molar-refractivity contribution in [2.45, 2.75) is 32.7 Å². The van der Waals surface area contributed by atoms with E-state index in [0.29, 0.717) is 0 Å². The van der Waals surface area contributed by atoms with Gasteiger partial charge in [-0.3, -0.25) is 9.69 Å². The molecule has 0 aliphatic carbocycles. The smallest absolute Gasteiger partial charge is 0.228 e. The molecule has 2 aromatic carbocycles. The number of nitrogens with zero attached hydrogens (tertiary/aromatic N) is 1. The van der Waals surface area contributed by atoms with E-state index in [4.69, 9.17) is 11.6 Å². The lowest BCUT2D eigenvalue weighted by Gasteiger charge is -2.32. The highest BCUT2D eigenvalue weighted by molar-refractivity contribution is 6.30. The van der Waals surface area contributed by atoms with Crippen molar-refractivity contribution in [2.24, 2.45) is 5.92 Å². The van der Waals surface area contributed by atoms with E-state index in [-0.39, 0.29) is 11.8 Å². The summed E-state index contributed by atoms with van der Waals surface area (Å²) < 4.78 is 0. The van der Waals surface area contributed by atoms with Crippen molar-refractivity contribution < 1.29 is 4.79 Å². The lowest BCUT2D eigenvalue weighted by Crippen LogP contribution is -2.40. The summed E-state index contributed by atoms with van der Waals surface area (Å²) in [6.07, 6.45) is 3.02. The molecule has 1 fully saturated rings. The van der Waals surface area contributed by atoms with Gasteiger partial charge in [-0.15, -0.1) is 0 Å². The molecule has 4 heteroatoms. The van der Waals surface area contributed by atoms with Crippen molar-refractivity contribution in [1.82, 2.24) is 4.90 Å². The Kier molecular flexibility index (Phi) is 6.11. The Hall–Kier alpha value is -1.84. The molecule has 0 aromatic heterocycles. The molecule has 25 heavy (non-hydrogen) atoms. The molecule has 0 saturated carbocycles. The van der Waals surface area contributed by atoms with E-state index < -0.39 is 0 Å². The number of nitrogens with one attached hydrogen (secondary N) is 1. The number of likely N-dealkylation sites (tertiary alicyclic amines) is 1. The zero-order valence-electron chi connectivity index (χ0n) is 14.7. The lowest BCUT2D eigenvalue weighted by molar-refractivity contribution is -0.121. The molecular weight excluding hydrogens is 332 g/mol. The minimum absolute atomic E-state index is 0.0481. The Bertz CT molecular complexity index is 697. The van der Waals surface area contributed by atoms with Gasteiger partial charge in [0.1, 0.15) is 0 Å². The normalized spacial score (nSPS) is 18.1. The maximum absolute atomic E-state index is 12.6. The summed E-state index contributed by atoms with van der Waals surface area (Å²) in [4.78, 5) is 15.0. The van der Waals surface area contributed by atoms with Crippen LogP contribution in [0.2, 0.25) is 5.02 Å². The third-order valence-electron chi connectivity index (χ3n) is 4.83. The molecular formula is C21H25ClN2O. The monoisotopic (exact) mass is 356 g/mol. The summed E-state index contributed by atoms with van der Waals surface area (Å²) in [5.74, 6) is 0.178. The molecule has 1 N–H and O–H groups in total. The number of hydrogen-bond acceptors (Lipinski definition) is 2. The van der Waals surface area contributed by atoms with Gasteiger partial charge in [-0.1, -0.05) is 42.8 Å². The third-order valence-corrected chi connectivity index (χ3v) is 5.08. The van der Waals surface area contributed by atoms with E-state index in [1.807, 2.05) is 24.3 Å². The fourth-order valence-corrected chi connectivity index (χ4v) is 3.46. The first-order valence-corrected chi connectivity index (χ1v) is 9.38. The Morgan fingerprint density at radius 1 is 1.12 bits per heavy atom. The largest absolute Gasteiger partial charge is 0.326 e. The van der Waals surface area contributed by atoms with Crippen LogP contribution in [0, 0.1) is 5.92 Å². The van der Waals surface area contributed by atoms with Crippen LogP contribution in [0.4, 0.5) is 5.69 Å². The fourth-order valence-electron chi connectivity index (χ4n) is 3.33. The molecule has 132 valence electrons. The van der Waals surface area contributed by atoms with Crippen molar-refractivity contribution in [3.05, 3.63) is 64.7 Å². The Labute approximate surface area is 155 Å². The maximum atomic E-state index is 12.6. The zero-order chi connectivity index (χ0) is 17.6. The van der Waals surface area contributed by atoms with Gasteiger partial charge in [-0.2, -0.15) is 0 Å². The summed E-state index contributed by atoms with van der Waals surface area (Å²) in [6.45, 7) is 4.84. The van der Waals surface area contributed by atoms with E-state index in [1.54, 1.807) is 0 Å². The van der Waals surface area contributed by atoms with Gasteiger partial charge in [-0.05, 0) is 61.2 Å². The van der Waals surface area contributed by atoms with Gasteiger partial charge in [0.25, 0.3) is 0 Å². The molecule has 1 aliphatic rings. The highest BCUT2D eigenvalue weighted by Crippen LogP contribution is 2.21. The van der Waals surface area contributed by atoms with Crippen LogP contribution < -0.4 is 5.32 Å². The Balaban J connectivity index is 1.56. The zero-order valence-corrected chi connectivity index (χ0v) is 15.4. The highest BCUT2D eigenvalue weighted by atomic mass is 35.5. The van der Waals surface area contributed by atoms with Crippen molar-refractivity contribution in [3.63, 3.8) is 0 Å². The fraction of sp³-hybridized carbons (Fsp3) is 0.381. The van der Waals surface area contributed by atoms with Gasteiger partial charge < -0.3 is 5.32 Å². The van der Waals surface area contributed by atoms with Crippen LogP contribution >= 0.6 is 11.6 Å². The number of carbonyl (C=O) groups excluding carboxylic acids is 1. The van der Waals surface area contributed by atoms with Gasteiger partial charge in [0.05, 0.1) is 5.92 Å². The third kappa shape index (κ3) is 5.07. The molecule has 0 unspecified atom stereocenters. The van der Waals surface area contributed by atoms with E-state index in [0.717, 1.165) is 49.6 Å². The van der Waals surface area contributed by atoms with Crippen LogP contribution in [-0.4, -0.2) is 23.9 Å². The van der Waals surface area contributed by atoms with E-state index in [2.05, 4.69) is 41.4 Å². The molecule has 1 atom stereocenters. The van der Waals surface area contributed by atoms with Crippen LogP contribution in [0.15, 0.2) is 48.5 Å². The maximum Gasteiger partial charge on any atom is 0.228 e. The van der Waals surface area contributed by atoms with Gasteiger partial charge in [-0.25, -0.2) is 0 Å². The van der Waals surface area contributed by atoms with Crippen molar-refractivity contribution in [3.8, 4) is 0 Å². The molecule has 2 aromatic rings. The number of carbonyl (C=O) groups is 1. The first-order valence-electron chi connectivity index (χ1n) is 9.00. The standard InChI is InChI=1S/C21H25ClN2O/c1-2-16-7-11-20(12-8-16)23-21(25)18-4-3-13-24(15-18)14-17-5-9-19(22)10-6-17/h5-12,18H,2-4,13-15H2,1H3,(H,23,25)/t18-/m1/s1. The van der Waals surface area contributed by atoms with Crippen LogP contribution in [-0.2, 0) is 17.8 Å². The SMILES string of the molecule is CCc1ccc(NC(=O)[C@@H]2CCCN(Cc3ccc(Cl)cc3)C2)cc1. The minimum Gasteiger partial charge on any atom is -0.326 e. The van der Waals surface area contributed by atoms with E-state index in [1.165, 1.54) is 11.1 Å². The molecule has 0 spiro atoms. The number of amides is 1. The van der Waals surface area contributed by atoms with Crippen LogP contribution in [0.3, 0.4) is 0 Å². The first kappa shape index (κ1) is 18.0. The highest BCUT2D eigenvalue weighted by Gasteiger charge is 2.25. The van der Waals surface area contributed by atoms with Gasteiger partial charge in [0.2, 0.25) is 5.91 Å². The molecule has 3 nitrogen and oxygen atoms in total. The second kappa shape index (κ2) is 8.50. The summed E-state index contributed by atoms with van der Waals surface area (Å²) in [5.41, 5.74) is 3.41. The number of benzene rings is 2. The second-order valence-electron chi connectivity index (χ2n) is 6.74. The van der Waals surface area contributed by atoms with Gasteiger partial charge >= 0.3 is 0 Å². The predicted octanol–water partition coefficient (Wildman–Crippen LogP) is 4.75. The van der Waals surface area contributed by atoms with Crippen LogP contribution in [0.25, 0.3) is 0 Å². The summed E-state index contributed by atoms with van der Waals surface area (Å²) >= 11 is 5.95. The minimum atomic E-state index is 0.0481. The van der Waals surface area contributed by atoms with Crippen molar-refractivity contribution in [2.75, 3.05) is 18.4 Å². The lowest BCUT2D eigenvalue weighted by atomic mass is 9.96. The van der Waals surface area contributed by atoms with Crippen LogP contribution in [0.5, 0.6) is 0 Å². The van der Waals surface area contributed by atoms with Crippen molar-refractivity contribution >= 4 is 23.2 Å². The molecule has 1 saturated heterocycles. The topological polar surface area (TPSA) is 32.3 Å². The Morgan fingerprint density at radius 3 is 2.48 bits per heavy atom. The molecule has 0 radical (unpaired) electrons. The first-order chi connectivity index (χ1) is 12.1. The molecule has 0 bridgehead atoms. The average molecular weight is 357 g/mol. The van der Waals surface area contributed by atoms with Gasteiger partial charge in [0, 0.05) is 23.8 Å². The number of aryl methyl sites for hydroxylation is 1. The van der Waals surface area contributed by atoms with Crippen molar-refractivity contribution in [1.29, 1.82) is 0 Å². The second-order valence-corrected chi connectivity index (χ2v) is 7.18. The van der Waals surface area contributed by atoms with Gasteiger partial charge in [0.15, 0.2) is 0 Å². The number of piperidine rings is 1.